The van der Waals surface area contributed by atoms with E-state index in [4.69, 9.17) is 0 Å². The molecule has 1 aromatic heterocycles. The maximum absolute atomic E-state index is 4.14. The van der Waals surface area contributed by atoms with Crippen molar-refractivity contribution in [3.8, 4) is 0 Å². The van der Waals surface area contributed by atoms with Crippen LogP contribution < -0.4 is 0 Å². The molecule has 1 atom stereocenters. The van der Waals surface area contributed by atoms with Crippen molar-refractivity contribution in [2.75, 3.05) is 13.6 Å². The van der Waals surface area contributed by atoms with Crippen molar-refractivity contribution in [2.24, 2.45) is 0 Å². The molecule has 2 heterocycles. The summed E-state index contributed by atoms with van der Waals surface area (Å²) in [5.74, 6) is 0. The molecule has 72 valence electrons. The third kappa shape index (κ3) is 2.20. The van der Waals surface area contributed by atoms with Crippen LogP contribution in [-0.2, 0) is 0 Å². The van der Waals surface area contributed by atoms with Crippen LogP contribution in [0.1, 0.15) is 24.4 Å². The second kappa shape index (κ2) is 4.58. The summed E-state index contributed by atoms with van der Waals surface area (Å²) in [6.45, 7) is 1.22. The second-order valence-electron chi connectivity index (χ2n) is 3.42. The van der Waals surface area contributed by atoms with Crippen LogP contribution in [0.15, 0.2) is 24.5 Å². The molecule has 0 radical (unpaired) electrons. The average molecular weight is 199 g/mol. The highest BCUT2D eigenvalue weighted by molar-refractivity contribution is 5.85. The van der Waals surface area contributed by atoms with Gasteiger partial charge < -0.3 is 0 Å². The molecular formula is C10H15ClN2. The Morgan fingerprint density at radius 2 is 2.38 bits per heavy atom. The Morgan fingerprint density at radius 1 is 1.54 bits per heavy atom. The molecule has 0 aliphatic carbocycles. The predicted molar refractivity (Wildman–Crippen MR) is 56.1 cm³/mol. The molecule has 0 unspecified atom stereocenters. The van der Waals surface area contributed by atoms with Crippen LogP contribution in [0.25, 0.3) is 0 Å². The number of likely N-dealkylation sites (tertiary alicyclic amines) is 1. The number of pyridine rings is 1. The summed E-state index contributed by atoms with van der Waals surface area (Å²) < 4.78 is 0. The summed E-state index contributed by atoms with van der Waals surface area (Å²) >= 11 is 0. The first-order valence-corrected chi connectivity index (χ1v) is 4.48. The third-order valence-corrected chi connectivity index (χ3v) is 2.59. The van der Waals surface area contributed by atoms with E-state index in [-0.39, 0.29) is 12.4 Å². The Bertz CT molecular complexity index is 250. The van der Waals surface area contributed by atoms with Crippen molar-refractivity contribution < 1.29 is 0 Å². The molecule has 1 aliphatic heterocycles. The summed E-state index contributed by atoms with van der Waals surface area (Å²) in [7, 11) is 2.19. The van der Waals surface area contributed by atoms with Gasteiger partial charge in [0.1, 0.15) is 0 Å². The largest absolute Gasteiger partial charge is 0.299 e. The Hall–Kier alpha value is -0.600. The zero-order valence-electron chi connectivity index (χ0n) is 7.81. The number of halogens is 1. The van der Waals surface area contributed by atoms with E-state index in [0.29, 0.717) is 6.04 Å². The summed E-state index contributed by atoms with van der Waals surface area (Å²) in [6.07, 6.45) is 6.41. The van der Waals surface area contributed by atoms with Crippen LogP contribution in [0.3, 0.4) is 0 Å². The van der Waals surface area contributed by atoms with Crippen molar-refractivity contribution in [1.82, 2.24) is 9.88 Å². The van der Waals surface area contributed by atoms with Gasteiger partial charge in [-0.1, -0.05) is 6.07 Å². The zero-order chi connectivity index (χ0) is 8.39. The smallest absolute Gasteiger partial charge is 0.0360 e. The minimum Gasteiger partial charge on any atom is -0.299 e. The molecule has 1 aliphatic rings. The lowest BCUT2D eigenvalue weighted by Crippen LogP contribution is -2.17. The van der Waals surface area contributed by atoms with Gasteiger partial charge >= 0.3 is 0 Å². The molecule has 0 amide bonds. The van der Waals surface area contributed by atoms with E-state index in [1.165, 1.54) is 24.9 Å². The van der Waals surface area contributed by atoms with Gasteiger partial charge in [-0.15, -0.1) is 12.4 Å². The molecule has 2 rings (SSSR count). The first-order valence-electron chi connectivity index (χ1n) is 4.48. The van der Waals surface area contributed by atoms with Crippen molar-refractivity contribution >= 4 is 12.4 Å². The molecule has 3 heteroatoms. The van der Waals surface area contributed by atoms with Crippen molar-refractivity contribution in [2.45, 2.75) is 18.9 Å². The van der Waals surface area contributed by atoms with Crippen molar-refractivity contribution in [3.63, 3.8) is 0 Å². The quantitative estimate of drug-likeness (QED) is 0.689. The fourth-order valence-corrected chi connectivity index (χ4v) is 1.90. The van der Waals surface area contributed by atoms with Crippen molar-refractivity contribution in [3.05, 3.63) is 30.1 Å². The monoisotopic (exact) mass is 198 g/mol. The highest BCUT2D eigenvalue weighted by atomic mass is 35.5. The molecule has 0 spiro atoms. The molecule has 0 N–H and O–H groups in total. The van der Waals surface area contributed by atoms with Gasteiger partial charge in [-0.2, -0.15) is 0 Å². The summed E-state index contributed by atoms with van der Waals surface area (Å²) in [5.41, 5.74) is 1.36. The molecule has 0 saturated carbocycles. The summed E-state index contributed by atoms with van der Waals surface area (Å²) in [6, 6.07) is 4.79. The average Bonchev–Trinajstić information content (AvgIpc) is 2.53. The van der Waals surface area contributed by atoms with Gasteiger partial charge in [0.2, 0.25) is 0 Å². The number of hydrogen-bond donors (Lipinski definition) is 0. The Labute approximate surface area is 85.4 Å². The molecule has 1 fully saturated rings. The van der Waals surface area contributed by atoms with Crippen LogP contribution in [0, 0.1) is 0 Å². The lowest BCUT2D eigenvalue weighted by molar-refractivity contribution is 0.317. The van der Waals surface area contributed by atoms with E-state index in [2.05, 4.69) is 23.0 Å². The normalized spacial score (nSPS) is 22.7. The lowest BCUT2D eigenvalue weighted by Gasteiger charge is -2.18. The van der Waals surface area contributed by atoms with Crippen LogP contribution >= 0.6 is 12.4 Å². The van der Waals surface area contributed by atoms with E-state index >= 15 is 0 Å². The Balaban J connectivity index is 0.000000845. The van der Waals surface area contributed by atoms with Crippen molar-refractivity contribution in [1.29, 1.82) is 0 Å². The molecule has 1 aromatic rings. The summed E-state index contributed by atoms with van der Waals surface area (Å²) in [4.78, 5) is 6.54. The molecular weight excluding hydrogens is 184 g/mol. The van der Waals surface area contributed by atoms with Gasteiger partial charge in [0, 0.05) is 18.4 Å². The van der Waals surface area contributed by atoms with Gasteiger partial charge in [-0.05, 0) is 38.1 Å². The number of hydrogen-bond acceptors (Lipinski definition) is 2. The molecule has 0 bridgehead atoms. The van der Waals surface area contributed by atoms with E-state index in [1.807, 2.05) is 18.5 Å². The van der Waals surface area contributed by atoms with Gasteiger partial charge in [-0.25, -0.2) is 0 Å². The van der Waals surface area contributed by atoms with Gasteiger partial charge in [0.15, 0.2) is 0 Å². The van der Waals surface area contributed by atoms with E-state index in [1.54, 1.807) is 0 Å². The topological polar surface area (TPSA) is 16.1 Å². The standard InChI is InChI=1S/C10H14N2.ClH/c1-12-7-3-5-10(12)9-4-2-6-11-8-9;/h2,4,6,8,10H,3,5,7H2,1H3;1H/t10-;/m1./s1. The molecule has 2 nitrogen and oxygen atoms in total. The fraction of sp³-hybridized carbons (Fsp3) is 0.500. The molecule has 0 aromatic carbocycles. The van der Waals surface area contributed by atoms with Crippen LogP contribution in [0.2, 0.25) is 0 Å². The van der Waals surface area contributed by atoms with Gasteiger partial charge in [-0.3, -0.25) is 9.88 Å². The lowest BCUT2D eigenvalue weighted by atomic mass is 10.1. The Morgan fingerprint density at radius 3 is 2.92 bits per heavy atom. The third-order valence-electron chi connectivity index (χ3n) is 2.59. The van der Waals surface area contributed by atoms with Gasteiger partial charge in [0.25, 0.3) is 0 Å². The van der Waals surface area contributed by atoms with E-state index in [0.717, 1.165) is 0 Å². The zero-order valence-corrected chi connectivity index (χ0v) is 8.63. The van der Waals surface area contributed by atoms with Gasteiger partial charge in [0.05, 0.1) is 0 Å². The molecule has 13 heavy (non-hydrogen) atoms. The maximum Gasteiger partial charge on any atom is 0.0360 e. The van der Waals surface area contributed by atoms with E-state index in [9.17, 15) is 0 Å². The number of aromatic nitrogens is 1. The number of rotatable bonds is 1. The van der Waals surface area contributed by atoms with Crippen LogP contribution in [-0.4, -0.2) is 23.5 Å². The van der Waals surface area contributed by atoms with Crippen LogP contribution in [0.5, 0.6) is 0 Å². The SMILES string of the molecule is CN1CCC[C@@H]1c1cccnc1.Cl. The highest BCUT2D eigenvalue weighted by Crippen LogP contribution is 2.29. The second-order valence-corrected chi connectivity index (χ2v) is 3.42. The maximum atomic E-state index is 4.14. The summed E-state index contributed by atoms with van der Waals surface area (Å²) in [5, 5.41) is 0. The number of nitrogens with zero attached hydrogens (tertiary/aromatic N) is 2. The fourth-order valence-electron chi connectivity index (χ4n) is 1.90. The van der Waals surface area contributed by atoms with Crippen LogP contribution in [0.4, 0.5) is 0 Å². The first kappa shape index (κ1) is 10.5. The first-order chi connectivity index (χ1) is 5.88. The Kier molecular flexibility index (Phi) is 3.70. The molecule has 1 saturated heterocycles. The predicted octanol–water partition coefficient (Wildman–Crippen LogP) is 2.27. The minimum atomic E-state index is 0. The highest BCUT2D eigenvalue weighted by Gasteiger charge is 2.21. The van der Waals surface area contributed by atoms with E-state index < -0.39 is 0 Å². The minimum absolute atomic E-state index is 0.